The van der Waals surface area contributed by atoms with Gasteiger partial charge in [0.25, 0.3) is 5.91 Å². The van der Waals surface area contributed by atoms with Gasteiger partial charge < -0.3 is 15.1 Å². The molecule has 2 heterocycles. The Labute approximate surface area is 215 Å². The number of hydrogen-bond acceptors (Lipinski definition) is 5. The summed E-state index contributed by atoms with van der Waals surface area (Å²) in [6.45, 7) is 3.30. The van der Waals surface area contributed by atoms with Gasteiger partial charge in [0.05, 0.1) is 10.2 Å². The molecule has 0 bridgehead atoms. The van der Waals surface area contributed by atoms with Crippen LogP contribution in [0.5, 0.6) is 0 Å². The Kier molecular flexibility index (Phi) is 7.69. The molecule has 0 spiro atoms. The van der Waals surface area contributed by atoms with Crippen molar-refractivity contribution in [3.05, 3.63) is 78.1 Å². The van der Waals surface area contributed by atoms with Gasteiger partial charge in [-0.2, -0.15) is 0 Å². The molecule has 1 amide bonds. The number of aromatic nitrogens is 1. The highest BCUT2D eigenvalue weighted by Gasteiger charge is 2.22. The molecule has 4 aromatic rings. The molecular formula is C27H28ClFN4OS. The number of likely N-dealkylation sites (tertiary alicyclic amines) is 1. The molecule has 5 rings (SSSR count). The largest absolute Gasteiger partial charge is 0.351 e. The van der Waals surface area contributed by atoms with E-state index in [9.17, 15) is 9.18 Å². The fraction of sp³-hybridized carbons (Fsp3) is 0.259. The summed E-state index contributed by atoms with van der Waals surface area (Å²) in [5, 5.41) is 3.99. The number of hydrogen-bond donors (Lipinski definition) is 1. The first-order valence-corrected chi connectivity index (χ1v) is 12.2. The zero-order valence-electron chi connectivity index (χ0n) is 19.7. The number of nitrogens with one attached hydrogen (secondary N) is 1. The first-order chi connectivity index (χ1) is 16.4. The van der Waals surface area contributed by atoms with Gasteiger partial charge in [0, 0.05) is 31.4 Å². The van der Waals surface area contributed by atoms with Crippen molar-refractivity contribution < 1.29 is 9.18 Å². The Balaban J connectivity index is 0.00000289. The Bertz CT molecular complexity index is 1310. The van der Waals surface area contributed by atoms with E-state index in [-0.39, 0.29) is 24.1 Å². The van der Waals surface area contributed by atoms with Crippen molar-refractivity contribution in [3.8, 4) is 11.1 Å². The van der Waals surface area contributed by atoms with Crippen LogP contribution < -0.4 is 10.2 Å². The van der Waals surface area contributed by atoms with Gasteiger partial charge in [0.1, 0.15) is 5.82 Å². The maximum Gasteiger partial charge on any atom is 0.255 e. The Morgan fingerprint density at radius 2 is 1.80 bits per heavy atom. The molecule has 5 nitrogen and oxygen atoms in total. The van der Waals surface area contributed by atoms with Crippen molar-refractivity contribution in [2.24, 2.45) is 5.92 Å². The summed E-state index contributed by atoms with van der Waals surface area (Å²) in [6.07, 6.45) is 1.23. The number of thiazole rings is 1. The summed E-state index contributed by atoms with van der Waals surface area (Å²) >= 11 is 1.65. The lowest BCUT2D eigenvalue weighted by molar-refractivity contribution is 0.102. The summed E-state index contributed by atoms with van der Waals surface area (Å²) in [5.41, 5.74) is 4.10. The fourth-order valence-corrected chi connectivity index (χ4v) is 5.43. The van der Waals surface area contributed by atoms with Gasteiger partial charge in [0.2, 0.25) is 0 Å². The molecule has 1 unspecified atom stereocenters. The fourth-order valence-electron chi connectivity index (χ4n) is 4.45. The molecule has 0 aliphatic carbocycles. The molecule has 1 aliphatic rings. The van der Waals surface area contributed by atoms with Crippen LogP contribution in [0.2, 0.25) is 0 Å². The molecule has 1 aromatic heterocycles. The molecule has 182 valence electrons. The Morgan fingerprint density at radius 3 is 2.46 bits per heavy atom. The van der Waals surface area contributed by atoms with Crippen LogP contribution in [0.3, 0.4) is 0 Å². The normalized spacial score (nSPS) is 15.7. The zero-order valence-corrected chi connectivity index (χ0v) is 21.3. The number of nitrogens with zero attached hydrogens (tertiary/aromatic N) is 3. The molecule has 0 saturated carbocycles. The smallest absolute Gasteiger partial charge is 0.255 e. The highest BCUT2D eigenvalue weighted by atomic mass is 35.5. The number of carbonyl (C=O) groups excluding carboxylic acids is 1. The molecule has 35 heavy (non-hydrogen) atoms. The van der Waals surface area contributed by atoms with Crippen LogP contribution >= 0.6 is 23.7 Å². The number of benzene rings is 3. The number of halogens is 2. The average molecular weight is 511 g/mol. The Morgan fingerprint density at radius 1 is 1.11 bits per heavy atom. The van der Waals surface area contributed by atoms with E-state index in [1.165, 1.54) is 18.6 Å². The van der Waals surface area contributed by atoms with E-state index >= 15 is 0 Å². The summed E-state index contributed by atoms with van der Waals surface area (Å²) in [6, 6.07) is 19.5. The minimum atomic E-state index is -0.266. The summed E-state index contributed by atoms with van der Waals surface area (Å²) < 4.78 is 14.2. The third-order valence-corrected chi connectivity index (χ3v) is 7.44. The topological polar surface area (TPSA) is 48.5 Å². The van der Waals surface area contributed by atoms with Crippen molar-refractivity contribution >= 4 is 50.7 Å². The van der Waals surface area contributed by atoms with Gasteiger partial charge >= 0.3 is 0 Å². The van der Waals surface area contributed by atoms with Crippen LogP contribution in [0.1, 0.15) is 16.8 Å². The third kappa shape index (κ3) is 5.81. The van der Waals surface area contributed by atoms with Gasteiger partial charge in [-0.05, 0) is 79.5 Å². The van der Waals surface area contributed by atoms with E-state index in [2.05, 4.69) is 29.2 Å². The van der Waals surface area contributed by atoms with E-state index in [0.29, 0.717) is 11.5 Å². The molecule has 1 fully saturated rings. The molecular weight excluding hydrogens is 483 g/mol. The Hall–Kier alpha value is -3.00. The van der Waals surface area contributed by atoms with Crippen LogP contribution in [-0.2, 0) is 0 Å². The first kappa shape index (κ1) is 25.1. The second-order valence-electron chi connectivity index (χ2n) is 9.01. The zero-order chi connectivity index (χ0) is 23.7. The van der Waals surface area contributed by atoms with E-state index in [0.717, 1.165) is 51.8 Å². The number of amides is 1. The lowest BCUT2D eigenvalue weighted by Crippen LogP contribution is -2.27. The summed E-state index contributed by atoms with van der Waals surface area (Å²) in [4.78, 5) is 22.2. The van der Waals surface area contributed by atoms with Gasteiger partial charge in [0.15, 0.2) is 5.13 Å². The number of fused-ring (bicyclic) bond motifs is 1. The van der Waals surface area contributed by atoms with Crippen LogP contribution in [-0.4, -0.2) is 49.5 Å². The highest BCUT2D eigenvalue weighted by molar-refractivity contribution is 7.22. The minimum absolute atomic E-state index is 0. The molecule has 1 atom stereocenters. The van der Waals surface area contributed by atoms with Crippen LogP contribution in [0.4, 0.5) is 15.2 Å². The number of rotatable bonds is 6. The van der Waals surface area contributed by atoms with Crippen LogP contribution in [0.15, 0.2) is 66.7 Å². The maximum absolute atomic E-state index is 13.2. The predicted molar refractivity (Wildman–Crippen MR) is 146 cm³/mol. The standard InChI is InChI=1S/C27H27FN4OS.ClH/c1-31-14-13-18(16-31)17-32(2)27-30-24-12-11-23(15-25(24)34-27)29-26(33)21-5-3-19(4-6-21)20-7-9-22(28)10-8-20;/h3-12,15,18H,13-14,16-17H2,1-2H3,(H,29,33);1H. The van der Waals surface area contributed by atoms with Gasteiger partial charge in [-0.25, -0.2) is 9.37 Å². The molecule has 1 N–H and O–H groups in total. The van der Waals surface area contributed by atoms with E-state index in [1.54, 1.807) is 35.6 Å². The third-order valence-electron chi connectivity index (χ3n) is 6.31. The summed E-state index contributed by atoms with van der Waals surface area (Å²) in [5.74, 6) is 0.238. The van der Waals surface area contributed by atoms with E-state index in [4.69, 9.17) is 4.98 Å². The average Bonchev–Trinajstić information content (AvgIpc) is 3.45. The van der Waals surface area contributed by atoms with Gasteiger partial charge in [-0.15, -0.1) is 12.4 Å². The quantitative estimate of drug-likeness (QED) is 0.337. The molecule has 0 radical (unpaired) electrons. The molecule has 1 aliphatic heterocycles. The number of carbonyl (C=O) groups is 1. The second kappa shape index (κ2) is 10.7. The van der Waals surface area contributed by atoms with Crippen LogP contribution in [0.25, 0.3) is 21.3 Å². The summed E-state index contributed by atoms with van der Waals surface area (Å²) in [7, 11) is 4.28. The van der Waals surface area contributed by atoms with E-state index < -0.39 is 0 Å². The van der Waals surface area contributed by atoms with Crippen molar-refractivity contribution in [2.75, 3.05) is 43.9 Å². The van der Waals surface area contributed by atoms with Crippen LogP contribution in [0, 0.1) is 11.7 Å². The molecule has 8 heteroatoms. The van der Waals surface area contributed by atoms with Crippen molar-refractivity contribution in [1.29, 1.82) is 0 Å². The van der Waals surface area contributed by atoms with Crippen molar-refractivity contribution in [3.63, 3.8) is 0 Å². The lowest BCUT2D eigenvalue weighted by atomic mass is 10.0. The second-order valence-corrected chi connectivity index (χ2v) is 10.0. The minimum Gasteiger partial charge on any atom is -0.351 e. The van der Waals surface area contributed by atoms with Crippen molar-refractivity contribution in [1.82, 2.24) is 9.88 Å². The predicted octanol–water partition coefficient (Wildman–Crippen LogP) is 6.16. The first-order valence-electron chi connectivity index (χ1n) is 11.4. The maximum atomic E-state index is 13.2. The van der Waals surface area contributed by atoms with E-state index in [1.807, 2.05) is 30.3 Å². The highest BCUT2D eigenvalue weighted by Crippen LogP contribution is 2.31. The van der Waals surface area contributed by atoms with Gasteiger partial charge in [-0.1, -0.05) is 35.6 Å². The van der Waals surface area contributed by atoms with Crippen molar-refractivity contribution in [2.45, 2.75) is 6.42 Å². The SMILES string of the molecule is CN1CCC(CN(C)c2nc3ccc(NC(=O)c4ccc(-c5ccc(F)cc5)cc4)cc3s2)C1.Cl. The molecule has 1 saturated heterocycles. The van der Waals surface area contributed by atoms with Gasteiger partial charge in [-0.3, -0.25) is 4.79 Å². The monoisotopic (exact) mass is 510 g/mol. The lowest BCUT2D eigenvalue weighted by Gasteiger charge is -2.20. The molecule has 3 aromatic carbocycles. The number of anilines is 2.